The molecule has 0 fully saturated rings. The number of rotatable bonds is 22. The minimum Gasteiger partial charge on any atom is -0.497 e. The van der Waals surface area contributed by atoms with Gasteiger partial charge in [0.2, 0.25) is 0 Å². The van der Waals surface area contributed by atoms with E-state index in [1.165, 1.54) is 35.4 Å². The molecule has 1 atom stereocenters. The Morgan fingerprint density at radius 3 is 1.18 bits per heavy atom. The van der Waals surface area contributed by atoms with Crippen LogP contribution in [0.3, 0.4) is 0 Å². The summed E-state index contributed by atoms with van der Waals surface area (Å²) in [5.41, 5.74) is 1.81. The third-order valence-electron chi connectivity index (χ3n) is 8.85. The van der Waals surface area contributed by atoms with Crippen LogP contribution in [0.5, 0.6) is 34.5 Å². The van der Waals surface area contributed by atoms with Crippen LogP contribution in [0.4, 0.5) is 0 Å². The highest BCUT2D eigenvalue weighted by molar-refractivity contribution is 6.00. The molecule has 4 rings (SSSR count). The SMILES string of the molecule is COc1ccc(C(=O)CC(C)C(=O)O)cc1.COc1ccc(C(=O)CCC(=O)O)c(OC)c1.COc1ccc(C(=O)CCC(=O)O)cc1.COc1ccc(C(=O)CCC(=O)O)cc1OC. The number of carbonyl (C=O) groups is 8. The van der Waals surface area contributed by atoms with Gasteiger partial charge in [0, 0.05) is 48.4 Å². The molecule has 0 aliphatic carbocycles. The molecule has 18 nitrogen and oxygen atoms in total. The van der Waals surface area contributed by atoms with E-state index < -0.39 is 29.8 Å². The van der Waals surface area contributed by atoms with Gasteiger partial charge in [0.05, 0.1) is 73.4 Å². The summed E-state index contributed by atoms with van der Waals surface area (Å²) < 4.78 is 30.1. The molecule has 0 saturated heterocycles. The van der Waals surface area contributed by atoms with Gasteiger partial charge in [-0.05, 0) is 78.9 Å². The Labute approximate surface area is 375 Å². The van der Waals surface area contributed by atoms with Crippen LogP contribution >= 0.6 is 0 Å². The van der Waals surface area contributed by atoms with Crippen molar-refractivity contribution in [2.24, 2.45) is 5.92 Å². The van der Waals surface area contributed by atoms with Gasteiger partial charge in [-0.1, -0.05) is 6.92 Å². The number of carboxylic acids is 4. The standard InChI is InChI=1S/2C12H14O5.C12H14O4.C11H12O4/c1-16-10-5-3-8(7-11(10)17-2)9(13)4-6-12(14)15;1-16-8-3-4-9(11(7-8)17-2)10(13)5-6-12(14)15;1-8(12(14)15)7-11(13)9-3-5-10(16-2)6-4-9;1-15-9-4-2-8(3-5-9)10(12)6-7-11(13)14/h3,5,7H,4,6H2,1-2H3,(H,14,15);3-4,7H,5-6H2,1-2H3,(H,14,15);3-6,8H,7H2,1-2H3,(H,14,15);2-5H,6-7H2,1H3,(H,13,14). The second kappa shape index (κ2) is 29.5. The van der Waals surface area contributed by atoms with Crippen LogP contribution in [-0.4, -0.2) is 110 Å². The Balaban J connectivity index is 0.000000434. The largest absolute Gasteiger partial charge is 0.497 e. The highest BCUT2D eigenvalue weighted by atomic mass is 16.5. The van der Waals surface area contributed by atoms with Crippen LogP contribution < -0.4 is 28.4 Å². The van der Waals surface area contributed by atoms with Crippen LogP contribution in [0.15, 0.2) is 84.9 Å². The van der Waals surface area contributed by atoms with Gasteiger partial charge < -0.3 is 48.8 Å². The van der Waals surface area contributed by atoms with Crippen molar-refractivity contribution in [3.05, 3.63) is 107 Å². The lowest BCUT2D eigenvalue weighted by Crippen LogP contribution is -2.14. The molecule has 0 radical (unpaired) electrons. The predicted octanol–water partition coefficient (Wildman–Crippen LogP) is 7.23. The molecule has 350 valence electrons. The zero-order valence-electron chi connectivity index (χ0n) is 37.1. The number of ether oxygens (including phenoxy) is 6. The van der Waals surface area contributed by atoms with Crippen molar-refractivity contribution in [3.63, 3.8) is 0 Å². The first-order valence-electron chi connectivity index (χ1n) is 19.6. The summed E-state index contributed by atoms with van der Waals surface area (Å²) in [5, 5.41) is 34.1. The third-order valence-corrected chi connectivity index (χ3v) is 8.85. The van der Waals surface area contributed by atoms with Gasteiger partial charge in [0.15, 0.2) is 34.6 Å². The molecule has 0 bridgehead atoms. The lowest BCUT2D eigenvalue weighted by Gasteiger charge is -2.08. The Bertz CT molecular complexity index is 2210. The topological polar surface area (TPSA) is 273 Å². The molecule has 0 aromatic heterocycles. The Morgan fingerprint density at radius 2 is 0.785 bits per heavy atom. The van der Waals surface area contributed by atoms with Gasteiger partial charge >= 0.3 is 23.9 Å². The van der Waals surface area contributed by atoms with Crippen molar-refractivity contribution in [1.82, 2.24) is 0 Å². The van der Waals surface area contributed by atoms with E-state index in [-0.39, 0.29) is 68.1 Å². The number of aliphatic carboxylic acids is 4. The van der Waals surface area contributed by atoms with Gasteiger partial charge in [-0.2, -0.15) is 0 Å². The van der Waals surface area contributed by atoms with Crippen molar-refractivity contribution in [2.45, 2.75) is 51.9 Å². The summed E-state index contributed by atoms with van der Waals surface area (Å²) >= 11 is 0. The van der Waals surface area contributed by atoms with E-state index in [4.69, 9.17) is 48.8 Å². The summed E-state index contributed by atoms with van der Waals surface area (Å²) in [5.74, 6) is -2.09. The quantitative estimate of drug-likeness (QED) is 0.0566. The molecule has 1 unspecified atom stereocenters. The molecule has 0 aliphatic heterocycles. The van der Waals surface area contributed by atoms with Gasteiger partial charge in [-0.25, -0.2) is 0 Å². The normalized spacial score (nSPS) is 10.3. The monoisotopic (exact) mass is 906 g/mol. The molecule has 0 heterocycles. The van der Waals surface area contributed by atoms with E-state index in [1.807, 2.05) is 0 Å². The lowest BCUT2D eigenvalue weighted by molar-refractivity contribution is -0.141. The van der Waals surface area contributed by atoms with E-state index in [9.17, 15) is 38.4 Å². The zero-order valence-corrected chi connectivity index (χ0v) is 37.1. The van der Waals surface area contributed by atoms with Gasteiger partial charge in [-0.3, -0.25) is 38.4 Å². The predicted molar refractivity (Wildman–Crippen MR) is 234 cm³/mol. The molecule has 0 amide bonds. The fourth-order valence-electron chi connectivity index (χ4n) is 5.16. The number of carboxylic acid groups (broad SMARTS) is 4. The van der Waals surface area contributed by atoms with E-state index >= 15 is 0 Å². The van der Waals surface area contributed by atoms with E-state index in [0.717, 1.165) is 0 Å². The molecule has 18 heteroatoms. The average molecular weight is 907 g/mol. The third kappa shape index (κ3) is 20.8. The first-order valence-corrected chi connectivity index (χ1v) is 19.6. The number of carbonyl (C=O) groups excluding carboxylic acids is 4. The molecule has 0 spiro atoms. The maximum absolute atomic E-state index is 11.7. The van der Waals surface area contributed by atoms with Crippen molar-refractivity contribution >= 4 is 47.0 Å². The summed E-state index contributed by atoms with van der Waals surface area (Å²) in [6.45, 7) is 1.52. The van der Waals surface area contributed by atoms with E-state index in [2.05, 4.69) is 0 Å². The van der Waals surface area contributed by atoms with Crippen molar-refractivity contribution in [1.29, 1.82) is 0 Å². The van der Waals surface area contributed by atoms with Crippen LogP contribution in [0.1, 0.15) is 93.3 Å². The number of hydrogen-bond acceptors (Lipinski definition) is 14. The summed E-state index contributed by atoms with van der Waals surface area (Å²) in [4.78, 5) is 88.1. The minimum absolute atomic E-state index is 0.0155. The Kier molecular flexibility index (Phi) is 25.1. The lowest BCUT2D eigenvalue weighted by atomic mass is 10.00. The molecule has 0 aliphatic rings. The Morgan fingerprint density at radius 1 is 0.400 bits per heavy atom. The number of methoxy groups -OCH3 is 6. The number of benzene rings is 4. The number of hydrogen-bond donors (Lipinski definition) is 4. The summed E-state index contributed by atoms with van der Waals surface area (Å²) in [6, 6.07) is 22.8. The molecule has 65 heavy (non-hydrogen) atoms. The van der Waals surface area contributed by atoms with Crippen LogP contribution in [0.2, 0.25) is 0 Å². The second-order valence-corrected chi connectivity index (χ2v) is 13.4. The smallest absolute Gasteiger partial charge is 0.306 e. The van der Waals surface area contributed by atoms with Gasteiger partial charge in [0.25, 0.3) is 0 Å². The van der Waals surface area contributed by atoms with Crippen LogP contribution in [0, 0.1) is 5.92 Å². The van der Waals surface area contributed by atoms with Crippen LogP contribution in [0.25, 0.3) is 0 Å². The first kappa shape index (κ1) is 55.3. The Hall–Kier alpha value is -7.76. The van der Waals surface area contributed by atoms with Crippen molar-refractivity contribution in [2.75, 3.05) is 42.7 Å². The molecule has 4 aromatic carbocycles. The van der Waals surface area contributed by atoms with E-state index in [1.54, 1.807) is 99.1 Å². The molecular formula is C47H54O18. The molecule has 0 saturated carbocycles. The number of Topliss-reactive ketones (excluding diaryl/α,β-unsaturated/α-hetero) is 4. The van der Waals surface area contributed by atoms with Crippen molar-refractivity contribution < 1.29 is 87.2 Å². The second-order valence-electron chi connectivity index (χ2n) is 13.4. The maximum Gasteiger partial charge on any atom is 0.306 e. The first-order chi connectivity index (χ1) is 30.8. The fraction of sp³-hybridized carbons (Fsp3) is 0.319. The fourth-order valence-corrected chi connectivity index (χ4v) is 5.16. The zero-order chi connectivity index (χ0) is 49.1. The molecular weight excluding hydrogens is 852 g/mol. The highest BCUT2D eigenvalue weighted by Crippen LogP contribution is 2.28. The van der Waals surface area contributed by atoms with E-state index in [0.29, 0.717) is 56.8 Å². The number of ketones is 4. The van der Waals surface area contributed by atoms with Gasteiger partial charge in [-0.15, -0.1) is 0 Å². The van der Waals surface area contributed by atoms with Crippen molar-refractivity contribution in [3.8, 4) is 34.5 Å². The molecule has 4 aromatic rings. The highest BCUT2D eigenvalue weighted by Gasteiger charge is 2.18. The summed E-state index contributed by atoms with van der Waals surface area (Å²) in [7, 11) is 9.03. The van der Waals surface area contributed by atoms with Crippen LogP contribution in [-0.2, 0) is 19.2 Å². The molecule has 4 N–H and O–H groups in total. The maximum atomic E-state index is 11.7. The summed E-state index contributed by atoms with van der Waals surface area (Å²) in [6.07, 6.45) is -0.516. The minimum atomic E-state index is -0.995. The average Bonchev–Trinajstić information content (AvgIpc) is 3.31. The van der Waals surface area contributed by atoms with Gasteiger partial charge in [0.1, 0.15) is 23.0 Å².